The standard InChI is InChI=1S/C12H21NO4/c14-11(8-17-9-12(15)16)13-7-6-10-4-2-1-3-5-10/h10H,1-9H2,(H,13,14)(H,15,16). The van der Waals surface area contributed by atoms with Crippen molar-refractivity contribution in [2.24, 2.45) is 5.92 Å². The molecule has 2 N–H and O–H groups in total. The molecule has 0 bridgehead atoms. The molecular weight excluding hydrogens is 222 g/mol. The summed E-state index contributed by atoms with van der Waals surface area (Å²) >= 11 is 0. The van der Waals surface area contributed by atoms with Crippen LogP contribution in [0.25, 0.3) is 0 Å². The summed E-state index contributed by atoms with van der Waals surface area (Å²) < 4.78 is 4.69. The van der Waals surface area contributed by atoms with Gasteiger partial charge in [-0.15, -0.1) is 0 Å². The Morgan fingerprint density at radius 2 is 1.88 bits per heavy atom. The van der Waals surface area contributed by atoms with Gasteiger partial charge in [0.1, 0.15) is 13.2 Å². The lowest BCUT2D eigenvalue weighted by Gasteiger charge is -2.21. The molecule has 0 spiro atoms. The van der Waals surface area contributed by atoms with Crippen molar-refractivity contribution < 1.29 is 19.4 Å². The summed E-state index contributed by atoms with van der Waals surface area (Å²) in [5, 5.41) is 11.1. The zero-order valence-electron chi connectivity index (χ0n) is 10.1. The topological polar surface area (TPSA) is 75.6 Å². The monoisotopic (exact) mass is 243 g/mol. The van der Waals surface area contributed by atoms with Crippen LogP contribution in [0.1, 0.15) is 38.5 Å². The van der Waals surface area contributed by atoms with Crippen molar-refractivity contribution >= 4 is 11.9 Å². The van der Waals surface area contributed by atoms with Crippen LogP contribution in [-0.2, 0) is 14.3 Å². The van der Waals surface area contributed by atoms with E-state index >= 15 is 0 Å². The summed E-state index contributed by atoms with van der Waals surface area (Å²) in [7, 11) is 0. The number of carbonyl (C=O) groups excluding carboxylic acids is 1. The van der Waals surface area contributed by atoms with Gasteiger partial charge < -0.3 is 15.2 Å². The summed E-state index contributed by atoms with van der Waals surface area (Å²) in [5.41, 5.74) is 0. The van der Waals surface area contributed by atoms with E-state index in [0.717, 1.165) is 12.3 Å². The van der Waals surface area contributed by atoms with Crippen molar-refractivity contribution in [3.63, 3.8) is 0 Å². The zero-order chi connectivity index (χ0) is 12.5. The quantitative estimate of drug-likeness (QED) is 0.704. The lowest BCUT2D eigenvalue weighted by molar-refractivity contribution is -0.143. The SMILES string of the molecule is O=C(O)COCC(=O)NCCC1CCCCC1. The molecule has 0 radical (unpaired) electrons. The fourth-order valence-electron chi connectivity index (χ4n) is 2.17. The van der Waals surface area contributed by atoms with Gasteiger partial charge in [0.05, 0.1) is 0 Å². The highest BCUT2D eigenvalue weighted by Gasteiger charge is 2.13. The molecule has 5 nitrogen and oxygen atoms in total. The molecule has 5 heteroatoms. The summed E-state index contributed by atoms with van der Waals surface area (Å²) in [6.45, 7) is 0.0763. The molecule has 0 aromatic carbocycles. The Bertz CT molecular complexity index is 249. The van der Waals surface area contributed by atoms with Gasteiger partial charge in [-0.3, -0.25) is 4.79 Å². The molecule has 0 saturated heterocycles. The maximum atomic E-state index is 11.2. The number of rotatable bonds is 7. The van der Waals surface area contributed by atoms with Crippen LogP contribution in [0.15, 0.2) is 0 Å². The highest BCUT2D eigenvalue weighted by molar-refractivity contribution is 5.77. The van der Waals surface area contributed by atoms with Crippen LogP contribution < -0.4 is 5.32 Å². The lowest BCUT2D eigenvalue weighted by Crippen LogP contribution is -2.30. The lowest BCUT2D eigenvalue weighted by atomic mass is 9.87. The Labute approximate surface area is 102 Å². The molecule has 98 valence electrons. The molecule has 0 atom stereocenters. The van der Waals surface area contributed by atoms with E-state index in [-0.39, 0.29) is 12.5 Å². The van der Waals surface area contributed by atoms with Crippen LogP contribution >= 0.6 is 0 Å². The minimum atomic E-state index is -1.06. The van der Waals surface area contributed by atoms with Gasteiger partial charge in [0.25, 0.3) is 0 Å². The third-order valence-corrected chi connectivity index (χ3v) is 3.06. The van der Waals surface area contributed by atoms with Crippen LogP contribution in [0, 0.1) is 5.92 Å². The summed E-state index contributed by atoms with van der Waals surface area (Å²) in [5.74, 6) is -0.550. The number of nitrogens with one attached hydrogen (secondary N) is 1. The molecule has 0 aliphatic heterocycles. The van der Waals surface area contributed by atoms with Crippen molar-refractivity contribution in [1.29, 1.82) is 0 Å². The Kier molecular flexibility index (Phi) is 6.62. The van der Waals surface area contributed by atoms with Gasteiger partial charge in [0.15, 0.2) is 0 Å². The number of ether oxygens (including phenoxy) is 1. The molecule has 0 unspecified atom stereocenters. The molecule has 1 aliphatic rings. The molecule has 1 saturated carbocycles. The fraction of sp³-hybridized carbons (Fsp3) is 0.833. The first kappa shape index (κ1) is 14.0. The van der Waals surface area contributed by atoms with E-state index in [9.17, 15) is 9.59 Å². The molecule has 1 aliphatic carbocycles. The molecule has 1 rings (SSSR count). The predicted molar refractivity (Wildman–Crippen MR) is 62.7 cm³/mol. The number of carboxylic acid groups (broad SMARTS) is 1. The van der Waals surface area contributed by atoms with Gasteiger partial charge in [0, 0.05) is 6.54 Å². The van der Waals surface area contributed by atoms with Crippen molar-refractivity contribution in [2.75, 3.05) is 19.8 Å². The summed E-state index contributed by atoms with van der Waals surface area (Å²) in [6, 6.07) is 0. The third kappa shape index (κ3) is 6.94. The molecule has 1 fully saturated rings. The van der Waals surface area contributed by atoms with Crippen LogP contribution in [0.5, 0.6) is 0 Å². The second kappa shape index (κ2) is 8.06. The molecule has 0 heterocycles. The molecule has 1 amide bonds. The largest absolute Gasteiger partial charge is 0.480 e. The first-order valence-corrected chi connectivity index (χ1v) is 6.24. The number of carboxylic acids is 1. The maximum absolute atomic E-state index is 11.2. The zero-order valence-corrected chi connectivity index (χ0v) is 10.1. The highest BCUT2D eigenvalue weighted by atomic mass is 16.5. The van der Waals surface area contributed by atoms with E-state index in [1.807, 2.05) is 0 Å². The summed E-state index contributed by atoms with van der Waals surface area (Å²) in [4.78, 5) is 21.4. The Morgan fingerprint density at radius 1 is 1.18 bits per heavy atom. The van der Waals surface area contributed by atoms with Gasteiger partial charge in [-0.1, -0.05) is 32.1 Å². The van der Waals surface area contributed by atoms with Crippen molar-refractivity contribution in [3.05, 3.63) is 0 Å². The molecule has 17 heavy (non-hydrogen) atoms. The van der Waals surface area contributed by atoms with E-state index in [2.05, 4.69) is 10.1 Å². The van der Waals surface area contributed by atoms with Crippen molar-refractivity contribution in [3.8, 4) is 0 Å². The van der Waals surface area contributed by atoms with E-state index in [1.54, 1.807) is 0 Å². The van der Waals surface area contributed by atoms with E-state index in [0.29, 0.717) is 6.54 Å². The Hall–Kier alpha value is -1.10. The van der Waals surface area contributed by atoms with Crippen LogP contribution in [0.3, 0.4) is 0 Å². The average Bonchev–Trinajstić information content (AvgIpc) is 2.30. The average molecular weight is 243 g/mol. The predicted octanol–water partition coefficient (Wildman–Crippen LogP) is 1.17. The Morgan fingerprint density at radius 3 is 2.53 bits per heavy atom. The minimum Gasteiger partial charge on any atom is -0.480 e. The second-order valence-corrected chi connectivity index (χ2v) is 4.53. The normalized spacial score (nSPS) is 16.7. The van der Waals surface area contributed by atoms with E-state index in [4.69, 9.17) is 5.11 Å². The molecule has 0 aromatic rings. The molecular formula is C12H21NO4. The third-order valence-electron chi connectivity index (χ3n) is 3.06. The van der Waals surface area contributed by atoms with Gasteiger partial charge in [-0.05, 0) is 12.3 Å². The summed E-state index contributed by atoms with van der Waals surface area (Å²) in [6.07, 6.45) is 7.51. The van der Waals surface area contributed by atoms with Gasteiger partial charge in [-0.25, -0.2) is 4.79 Å². The van der Waals surface area contributed by atoms with Gasteiger partial charge in [0.2, 0.25) is 5.91 Å². The first-order chi connectivity index (χ1) is 8.18. The number of aliphatic carboxylic acids is 1. The number of amides is 1. The van der Waals surface area contributed by atoms with Crippen molar-refractivity contribution in [2.45, 2.75) is 38.5 Å². The molecule has 0 aromatic heterocycles. The smallest absolute Gasteiger partial charge is 0.329 e. The second-order valence-electron chi connectivity index (χ2n) is 4.53. The fourth-order valence-corrected chi connectivity index (χ4v) is 2.17. The van der Waals surface area contributed by atoms with Gasteiger partial charge in [-0.2, -0.15) is 0 Å². The van der Waals surface area contributed by atoms with E-state index < -0.39 is 12.6 Å². The maximum Gasteiger partial charge on any atom is 0.329 e. The van der Waals surface area contributed by atoms with Crippen molar-refractivity contribution in [1.82, 2.24) is 5.32 Å². The van der Waals surface area contributed by atoms with E-state index in [1.165, 1.54) is 32.1 Å². The Balaban J connectivity index is 1.97. The highest BCUT2D eigenvalue weighted by Crippen LogP contribution is 2.25. The van der Waals surface area contributed by atoms with Crippen LogP contribution in [-0.4, -0.2) is 36.7 Å². The number of carbonyl (C=O) groups is 2. The number of hydrogen-bond donors (Lipinski definition) is 2. The first-order valence-electron chi connectivity index (χ1n) is 6.24. The van der Waals surface area contributed by atoms with Gasteiger partial charge >= 0.3 is 5.97 Å². The van der Waals surface area contributed by atoms with Crippen LogP contribution in [0.4, 0.5) is 0 Å². The van der Waals surface area contributed by atoms with Crippen LogP contribution in [0.2, 0.25) is 0 Å². The number of hydrogen-bond acceptors (Lipinski definition) is 3. The minimum absolute atomic E-state index is 0.170.